The number of aromatic amines is 1. The summed E-state index contributed by atoms with van der Waals surface area (Å²) >= 11 is 0. The van der Waals surface area contributed by atoms with Crippen LogP contribution < -0.4 is 5.73 Å². The van der Waals surface area contributed by atoms with Crippen molar-refractivity contribution in [2.75, 3.05) is 20.1 Å². The van der Waals surface area contributed by atoms with Gasteiger partial charge in [0.05, 0.1) is 0 Å². The molecule has 0 spiro atoms. The van der Waals surface area contributed by atoms with Crippen molar-refractivity contribution in [3.8, 4) is 0 Å². The Morgan fingerprint density at radius 3 is 2.30 bits per heavy atom. The number of hydrogen-bond acceptors (Lipinski definition) is 3. The Hall–Kier alpha value is -1.33. The third-order valence-electron chi connectivity index (χ3n) is 3.92. The Morgan fingerprint density at radius 2 is 1.87 bits per heavy atom. The monoisotopic (exact) mass is 343 g/mol. The summed E-state index contributed by atoms with van der Waals surface area (Å²) in [5.41, 5.74) is 8.43. The highest BCUT2D eigenvalue weighted by Crippen LogP contribution is 2.23. The predicted molar refractivity (Wildman–Crippen MR) is 96.6 cm³/mol. The molecule has 1 heterocycles. The molecule has 0 saturated carbocycles. The van der Waals surface area contributed by atoms with E-state index in [1.807, 2.05) is 27.7 Å². The van der Waals surface area contributed by atoms with E-state index in [4.69, 9.17) is 5.73 Å². The lowest BCUT2D eigenvalue weighted by atomic mass is 9.93. The van der Waals surface area contributed by atoms with Crippen LogP contribution in [0.1, 0.15) is 66.2 Å². The molecule has 1 rings (SSSR count). The topological polar surface area (TPSA) is 79.2 Å². The maximum Gasteiger partial charge on any atom is 0.270 e. The smallest absolute Gasteiger partial charge is 0.270 e. The second-order valence-electron chi connectivity index (χ2n) is 6.81. The van der Waals surface area contributed by atoms with Gasteiger partial charge < -0.3 is 15.6 Å². The molecule has 1 amide bonds. The number of rotatable bonds is 7. The Bertz CT molecular complexity index is 564. The van der Waals surface area contributed by atoms with Crippen molar-refractivity contribution in [2.45, 2.75) is 47.5 Å². The molecule has 0 aliphatic carbocycles. The van der Waals surface area contributed by atoms with Crippen molar-refractivity contribution < 1.29 is 9.59 Å². The van der Waals surface area contributed by atoms with Crippen LogP contribution in [-0.2, 0) is 6.42 Å². The van der Waals surface area contributed by atoms with Gasteiger partial charge in [-0.25, -0.2) is 0 Å². The number of H-pyrrole nitrogens is 1. The average molecular weight is 344 g/mol. The van der Waals surface area contributed by atoms with Gasteiger partial charge in [-0.15, -0.1) is 12.4 Å². The van der Waals surface area contributed by atoms with Crippen LogP contribution in [0.25, 0.3) is 0 Å². The first kappa shape index (κ1) is 21.7. The van der Waals surface area contributed by atoms with E-state index in [1.54, 1.807) is 18.9 Å². The molecule has 0 atom stereocenters. The van der Waals surface area contributed by atoms with Crippen molar-refractivity contribution in [3.05, 3.63) is 22.5 Å². The number of carbonyl (C=O) groups is 2. The summed E-state index contributed by atoms with van der Waals surface area (Å²) < 4.78 is 0. The molecule has 5 nitrogen and oxygen atoms in total. The Morgan fingerprint density at radius 1 is 1.30 bits per heavy atom. The number of aryl methyl sites for hydroxylation is 1. The minimum atomic E-state index is -0.139. The number of amides is 1. The molecule has 0 unspecified atom stereocenters. The molecule has 0 aromatic carbocycles. The molecule has 1 aromatic heterocycles. The van der Waals surface area contributed by atoms with E-state index in [2.05, 4.69) is 4.98 Å². The van der Waals surface area contributed by atoms with Crippen LogP contribution in [-0.4, -0.2) is 41.7 Å². The fraction of sp³-hybridized carbons (Fsp3) is 0.647. The quantitative estimate of drug-likeness (QED) is 0.747. The molecular formula is C17H30ClN3O2. The minimum absolute atomic E-state index is 0. The number of nitrogens with two attached hydrogens (primary N) is 1. The largest absolute Gasteiger partial charge is 0.354 e. The highest BCUT2D eigenvalue weighted by atomic mass is 35.5. The maximum atomic E-state index is 12.8. The van der Waals surface area contributed by atoms with Gasteiger partial charge in [-0.2, -0.15) is 0 Å². The van der Waals surface area contributed by atoms with Gasteiger partial charge in [-0.1, -0.05) is 27.2 Å². The van der Waals surface area contributed by atoms with E-state index < -0.39 is 0 Å². The first-order valence-electron chi connectivity index (χ1n) is 7.82. The number of nitrogens with zero attached hydrogens (tertiary/aromatic N) is 1. The molecule has 1 aromatic rings. The molecule has 0 bridgehead atoms. The molecule has 0 saturated heterocycles. The molecule has 6 heteroatoms. The number of hydrogen-bond donors (Lipinski definition) is 2. The zero-order valence-electron chi connectivity index (χ0n) is 15.1. The summed E-state index contributed by atoms with van der Waals surface area (Å²) in [6.07, 6.45) is 1.60. The van der Waals surface area contributed by atoms with Crippen LogP contribution in [0.2, 0.25) is 0 Å². The molecular weight excluding hydrogens is 314 g/mol. The molecule has 3 N–H and O–H groups in total. The van der Waals surface area contributed by atoms with E-state index in [1.165, 1.54) is 0 Å². The zero-order chi connectivity index (χ0) is 17.1. The SMILES string of the molecule is CCCc1c(C(=O)N(C)CC(C)(C)CN)[nH]c(C)c1C(C)=O.Cl. The van der Waals surface area contributed by atoms with Crippen LogP contribution >= 0.6 is 12.4 Å². The van der Waals surface area contributed by atoms with Gasteiger partial charge in [-0.05, 0) is 37.8 Å². The van der Waals surface area contributed by atoms with Crippen molar-refractivity contribution in [3.63, 3.8) is 0 Å². The van der Waals surface area contributed by atoms with E-state index in [-0.39, 0.29) is 29.5 Å². The summed E-state index contributed by atoms with van der Waals surface area (Å²) in [5.74, 6) is -0.0817. The lowest BCUT2D eigenvalue weighted by molar-refractivity contribution is 0.0734. The lowest BCUT2D eigenvalue weighted by Gasteiger charge is -2.29. The average Bonchev–Trinajstić information content (AvgIpc) is 2.74. The number of Topliss-reactive ketones (excluding diaryl/α,β-unsaturated/α-hetero) is 1. The van der Waals surface area contributed by atoms with Crippen molar-refractivity contribution in [2.24, 2.45) is 11.1 Å². The van der Waals surface area contributed by atoms with Gasteiger partial charge in [0.15, 0.2) is 5.78 Å². The van der Waals surface area contributed by atoms with Crippen LogP contribution in [0.4, 0.5) is 0 Å². The Kier molecular flexibility index (Phi) is 8.01. The second-order valence-corrected chi connectivity index (χ2v) is 6.81. The van der Waals surface area contributed by atoms with E-state index >= 15 is 0 Å². The van der Waals surface area contributed by atoms with Gasteiger partial charge >= 0.3 is 0 Å². The molecule has 0 radical (unpaired) electrons. The number of carbonyl (C=O) groups excluding carboxylic acids is 2. The van der Waals surface area contributed by atoms with Crippen LogP contribution in [0.15, 0.2) is 0 Å². The molecule has 0 fully saturated rings. The first-order valence-corrected chi connectivity index (χ1v) is 7.82. The Labute approximate surface area is 145 Å². The highest BCUT2D eigenvalue weighted by molar-refractivity contribution is 6.02. The number of aromatic nitrogens is 1. The normalized spacial score (nSPS) is 11.1. The summed E-state index contributed by atoms with van der Waals surface area (Å²) in [7, 11) is 1.78. The molecule has 0 aliphatic heterocycles. The van der Waals surface area contributed by atoms with Crippen LogP contribution in [0.3, 0.4) is 0 Å². The van der Waals surface area contributed by atoms with E-state index in [0.717, 1.165) is 17.7 Å². The number of halogens is 1. The maximum absolute atomic E-state index is 12.8. The summed E-state index contributed by atoms with van der Waals surface area (Å²) in [6, 6.07) is 0. The van der Waals surface area contributed by atoms with Crippen LogP contribution in [0, 0.1) is 12.3 Å². The lowest BCUT2D eigenvalue weighted by Crippen LogP contribution is -2.40. The summed E-state index contributed by atoms with van der Waals surface area (Å²) in [6.45, 7) is 10.6. The molecule has 0 aliphatic rings. The zero-order valence-corrected chi connectivity index (χ0v) is 15.9. The van der Waals surface area contributed by atoms with Crippen molar-refractivity contribution in [1.82, 2.24) is 9.88 Å². The van der Waals surface area contributed by atoms with Crippen molar-refractivity contribution >= 4 is 24.1 Å². The molecule has 132 valence electrons. The fourth-order valence-electron chi connectivity index (χ4n) is 2.81. The standard InChI is InChI=1S/C17H29N3O2.ClH/c1-7-8-13-14(12(3)21)11(2)19-15(13)16(22)20(6)10-17(4,5)9-18;/h19H,7-10,18H2,1-6H3;1H. The summed E-state index contributed by atoms with van der Waals surface area (Å²) in [5, 5.41) is 0. The first-order chi connectivity index (χ1) is 10.1. The highest BCUT2D eigenvalue weighted by Gasteiger charge is 2.27. The van der Waals surface area contributed by atoms with Gasteiger partial charge in [-0.3, -0.25) is 9.59 Å². The van der Waals surface area contributed by atoms with Gasteiger partial charge in [0.25, 0.3) is 5.91 Å². The fourth-order valence-corrected chi connectivity index (χ4v) is 2.81. The van der Waals surface area contributed by atoms with Crippen LogP contribution in [0.5, 0.6) is 0 Å². The van der Waals surface area contributed by atoms with Gasteiger partial charge in [0, 0.05) is 24.8 Å². The minimum Gasteiger partial charge on any atom is -0.354 e. The van der Waals surface area contributed by atoms with E-state index in [0.29, 0.717) is 30.8 Å². The Balaban J connectivity index is 0.00000484. The van der Waals surface area contributed by atoms with Crippen molar-refractivity contribution in [1.29, 1.82) is 0 Å². The number of nitrogens with one attached hydrogen (secondary N) is 1. The second kappa shape index (κ2) is 8.50. The number of ketones is 1. The predicted octanol–water partition coefficient (Wildman–Crippen LogP) is 2.96. The van der Waals surface area contributed by atoms with Gasteiger partial charge in [0.2, 0.25) is 0 Å². The summed E-state index contributed by atoms with van der Waals surface area (Å²) in [4.78, 5) is 29.4. The third-order valence-corrected chi connectivity index (χ3v) is 3.92. The third kappa shape index (κ3) is 5.08. The van der Waals surface area contributed by atoms with Gasteiger partial charge in [0.1, 0.15) is 5.69 Å². The molecule has 23 heavy (non-hydrogen) atoms. The van der Waals surface area contributed by atoms with E-state index in [9.17, 15) is 9.59 Å².